The van der Waals surface area contributed by atoms with Gasteiger partial charge in [0.1, 0.15) is 12.7 Å². The molecule has 2 bridgehead atoms. The second kappa shape index (κ2) is 5.15. The number of hydrogen-bond acceptors (Lipinski definition) is 4. The summed E-state index contributed by atoms with van der Waals surface area (Å²) < 4.78 is 15.7. The lowest BCUT2D eigenvalue weighted by molar-refractivity contribution is 0.0519. The molecule has 2 unspecified atom stereocenters. The Kier molecular flexibility index (Phi) is 3.13. The Hall–Kier alpha value is -2.31. The molecule has 2 aromatic rings. The molecule has 2 aliphatic heterocycles. The van der Waals surface area contributed by atoms with E-state index in [9.17, 15) is 9.18 Å². The summed E-state index contributed by atoms with van der Waals surface area (Å²) in [5, 5.41) is 4.21. The third-order valence-electron chi connectivity index (χ3n) is 4.76. The van der Waals surface area contributed by atoms with E-state index in [-0.39, 0.29) is 29.6 Å². The van der Waals surface area contributed by atoms with Gasteiger partial charge >= 0.3 is 0 Å². The van der Waals surface area contributed by atoms with Crippen LogP contribution in [0.3, 0.4) is 0 Å². The molecular formula is C15H16FN5O. The topological polar surface area (TPSA) is 63.9 Å². The summed E-state index contributed by atoms with van der Waals surface area (Å²) in [5.74, 6) is -0.769. The van der Waals surface area contributed by atoms with Gasteiger partial charge in [-0.2, -0.15) is 5.10 Å². The van der Waals surface area contributed by atoms with Gasteiger partial charge in [-0.05, 0) is 31.7 Å². The van der Waals surface area contributed by atoms with Gasteiger partial charge < -0.3 is 4.90 Å². The predicted molar refractivity (Wildman–Crippen MR) is 75.5 cm³/mol. The summed E-state index contributed by atoms with van der Waals surface area (Å²) in [4.78, 5) is 22.3. The van der Waals surface area contributed by atoms with Gasteiger partial charge in [0, 0.05) is 18.3 Å². The maximum absolute atomic E-state index is 13.8. The fraction of sp³-hybridized carbons (Fsp3) is 0.467. The number of carbonyl (C=O) groups is 1. The van der Waals surface area contributed by atoms with Crippen molar-refractivity contribution in [3.05, 3.63) is 42.5 Å². The molecule has 2 aliphatic rings. The average Bonchev–Trinajstić information content (AvgIpc) is 3.14. The van der Waals surface area contributed by atoms with E-state index < -0.39 is 5.82 Å². The van der Waals surface area contributed by atoms with Crippen molar-refractivity contribution in [2.45, 2.75) is 43.8 Å². The summed E-state index contributed by atoms with van der Waals surface area (Å²) in [6.07, 6.45) is 9.44. The SMILES string of the molecule is O=C(c1ccncc1F)N1C2CCC1CC(n1cncn1)C2. The van der Waals surface area contributed by atoms with Gasteiger partial charge in [-0.25, -0.2) is 14.1 Å². The van der Waals surface area contributed by atoms with Crippen LogP contribution in [0.5, 0.6) is 0 Å². The first-order chi connectivity index (χ1) is 10.7. The first kappa shape index (κ1) is 13.4. The van der Waals surface area contributed by atoms with Gasteiger partial charge in [-0.15, -0.1) is 0 Å². The lowest BCUT2D eigenvalue weighted by Crippen LogP contribution is -2.47. The summed E-state index contributed by atoms with van der Waals surface area (Å²) >= 11 is 0. The molecule has 0 N–H and O–H groups in total. The predicted octanol–water partition coefficient (Wildman–Crippen LogP) is 1.82. The zero-order valence-electron chi connectivity index (χ0n) is 12.0. The van der Waals surface area contributed by atoms with E-state index in [1.54, 1.807) is 6.33 Å². The van der Waals surface area contributed by atoms with Gasteiger partial charge in [0.15, 0.2) is 5.82 Å². The number of halogens is 1. The van der Waals surface area contributed by atoms with Crippen molar-refractivity contribution in [3.63, 3.8) is 0 Å². The van der Waals surface area contributed by atoms with Crippen LogP contribution in [0, 0.1) is 5.82 Å². The van der Waals surface area contributed by atoms with Crippen molar-refractivity contribution >= 4 is 5.91 Å². The first-order valence-electron chi connectivity index (χ1n) is 7.50. The molecule has 0 aliphatic carbocycles. The van der Waals surface area contributed by atoms with Crippen LogP contribution in [0.1, 0.15) is 42.1 Å². The minimum Gasteiger partial charge on any atom is -0.332 e. The van der Waals surface area contributed by atoms with E-state index in [1.165, 1.54) is 18.6 Å². The molecule has 0 radical (unpaired) electrons. The number of rotatable bonds is 2. The van der Waals surface area contributed by atoms with Crippen molar-refractivity contribution < 1.29 is 9.18 Å². The number of carbonyl (C=O) groups excluding carboxylic acids is 1. The highest BCUT2D eigenvalue weighted by molar-refractivity contribution is 5.95. The molecule has 2 aromatic heterocycles. The van der Waals surface area contributed by atoms with Crippen LogP contribution in [0.2, 0.25) is 0 Å². The van der Waals surface area contributed by atoms with Gasteiger partial charge in [0.05, 0.1) is 17.8 Å². The third kappa shape index (κ3) is 2.08. The zero-order valence-corrected chi connectivity index (χ0v) is 12.0. The van der Waals surface area contributed by atoms with Crippen LogP contribution in [0.15, 0.2) is 31.1 Å². The number of pyridine rings is 1. The van der Waals surface area contributed by atoms with Crippen molar-refractivity contribution in [2.24, 2.45) is 0 Å². The Morgan fingerprint density at radius 1 is 1.18 bits per heavy atom. The molecule has 0 spiro atoms. The standard InChI is InChI=1S/C15H16FN5O/c16-14-7-17-4-3-13(14)15(22)21-10-1-2-11(21)6-12(5-10)20-9-18-8-19-20/h3-4,7-12H,1-2,5-6H2. The molecule has 22 heavy (non-hydrogen) atoms. The molecule has 114 valence electrons. The number of nitrogens with zero attached hydrogens (tertiary/aromatic N) is 5. The van der Waals surface area contributed by atoms with Crippen LogP contribution in [-0.2, 0) is 0 Å². The smallest absolute Gasteiger partial charge is 0.257 e. The summed E-state index contributed by atoms with van der Waals surface area (Å²) in [5.41, 5.74) is 0.117. The minimum atomic E-state index is -0.551. The van der Waals surface area contributed by atoms with E-state index in [1.807, 2.05) is 9.58 Å². The zero-order chi connectivity index (χ0) is 15.1. The van der Waals surface area contributed by atoms with E-state index in [0.717, 1.165) is 31.9 Å². The summed E-state index contributed by atoms with van der Waals surface area (Å²) in [7, 11) is 0. The summed E-state index contributed by atoms with van der Waals surface area (Å²) in [6.45, 7) is 0. The highest BCUT2D eigenvalue weighted by Crippen LogP contribution is 2.41. The van der Waals surface area contributed by atoms with Crippen LogP contribution < -0.4 is 0 Å². The molecule has 4 heterocycles. The second-order valence-electron chi connectivity index (χ2n) is 5.95. The lowest BCUT2D eigenvalue weighted by Gasteiger charge is -2.38. The largest absolute Gasteiger partial charge is 0.332 e. The molecule has 7 heteroatoms. The van der Waals surface area contributed by atoms with Crippen molar-refractivity contribution in [1.29, 1.82) is 0 Å². The Bertz CT molecular complexity index is 675. The molecule has 0 aromatic carbocycles. The first-order valence-corrected chi connectivity index (χ1v) is 7.50. The third-order valence-corrected chi connectivity index (χ3v) is 4.76. The Balaban J connectivity index is 1.58. The molecular weight excluding hydrogens is 285 g/mol. The number of hydrogen-bond donors (Lipinski definition) is 0. The lowest BCUT2D eigenvalue weighted by atomic mass is 9.96. The number of fused-ring (bicyclic) bond motifs is 2. The van der Waals surface area contributed by atoms with Crippen molar-refractivity contribution in [2.75, 3.05) is 0 Å². The van der Waals surface area contributed by atoms with Crippen molar-refractivity contribution in [1.82, 2.24) is 24.6 Å². The Labute approximate surface area is 127 Å². The molecule has 6 nitrogen and oxygen atoms in total. The highest BCUT2D eigenvalue weighted by Gasteiger charge is 2.44. The van der Waals surface area contributed by atoms with E-state index in [2.05, 4.69) is 15.1 Å². The van der Waals surface area contributed by atoms with E-state index in [0.29, 0.717) is 0 Å². The Morgan fingerprint density at radius 3 is 2.59 bits per heavy atom. The van der Waals surface area contributed by atoms with Crippen molar-refractivity contribution in [3.8, 4) is 0 Å². The summed E-state index contributed by atoms with van der Waals surface area (Å²) in [6, 6.07) is 2.02. The van der Waals surface area contributed by atoms with Gasteiger partial charge in [0.2, 0.25) is 0 Å². The number of amides is 1. The molecule has 4 rings (SSSR count). The van der Waals surface area contributed by atoms with E-state index in [4.69, 9.17) is 0 Å². The molecule has 2 atom stereocenters. The molecule has 1 amide bonds. The van der Waals surface area contributed by atoms with Gasteiger partial charge in [-0.3, -0.25) is 9.78 Å². The quantitative estimate of drug-likeness (QED) is 0.849. The number of aromatic nitrogens is 4. The maximum atomic E-state index is 13.8. The Morgan fingerprint density at radius 2 is 1.95 bits per heavy atom. The monoisotopic (exact) mass is 301 g/mol. The van der Waals surface area contributed by atoms with Gasteiger partial charge in [0.25, 0.3) is 5.91 Å². The minimum absolute atomic E-state index is 0.117. The van der Waals surface area contributed by atoms with E-state index >= 15 is 0 Å². The molecule has 2 saturated heterocycles. The van der Waals surface area contributed by atoms with Gasteiger partial charge in [-0.1, -0.05) is 0 Å². The fourth-order valence-corrected chi connectivity index (χ4v) is 3.79. The maximum Gasteiger partial charge on any atom is 0.257 e. The highest BCUT2D eigenvalue weighted by atomic mass is 19.1. The van der Waals surface area contributed by atoms with Crippen LogP contribution >= 0.6 is 0 Å². The second-order valence-corrected chi connectivity index (χ2v) is 5.95. The van der Waals surface area contributed by atoms with Crippen LogP contribution in [0.25, 0.3) is 0 Å². The average molecular weight is 301 g/mol. The molecule has 0 saturated carbocycles. The normalized spacial score (nSPS) is 27.1. The molecule has 2 fully saturated rings. The van der Waals surface area contributed by atoms with Crippen LogP contribution in [0.4, 0.5) is 4.39 Å². The van der Waals surface area contributed by atoms with Crippen LogP contribution in [-0.4, -0.2) is 42.6 Å². The fourth-order valence-electron chi connectivity index (χ4n) is 3.79. The number of piperidine rings is 1.